The molecular formula is C22H21FN4OS. The van der Waals surface area contributed by atoms with Crippen LogP contribution in [0.15, 0.2) is 54.0 Å². The van der Waals surface area contributed by atoms with Crippen molar-refractivity contribution in [2.45, 2.75) is 26.4 Å². The van der Waals surface area contributed by atoms with E-state index in [4.69, 9.17) is 4.98 Å². The van der Waals surface area contributed by atoms with Gasteiger partial charge in [-0.3, -0.25) is 4.79 Å². The topological polar surface area (TPSA) is 51.0 Å². The van der Waals surface area contributed by atoms with Crippen LogP contribution in [0.3, 0.4) is 0 Å². The Kier molecular flexibility index (Phi) is 5.15. The lowest BCUT2D eigenvalue weighted by molar-refractivity contribution is 0.0785. The first-order chi connectivity index (χ1) is 14.0. The van der Waals surface area contributed by atoms with Crippen LogP contribution >= 0.6 is 11.3 Å². The van der Waals surface area contributed by atoms with Crippen LogP contribution in [0, 0.1) is 5.82 Å². The Hall–Kier alpha value is -3.06. The zero-order valence-corrected chi connectivity index (χ0v) is 17.3. The molecule has 0 atom stereocenters. The Morgan fingerprint density at radius 3 is 2.72 bits per heavy atom. The number of benzene rings is 1. The third kappa shape index (κ3) is 3.65. The third-order valence-electron chi connectivity index (χ3n) is 4.77. The van der Waals surface area contributed by atoms with Crippen molar-refractivity contribution in [3.05, 3.63) is 71.0 Å². The van der Waals surface area contributed by atoms with E-state index in [0.717, 1.165) is 10.6 Å². The van der Waals surface area contributed by atoms with E-state index in [1.54, 1.807) is 48.8 Å². The van der Waals surface area contributed by atoms with Gasteiger partial charge < -0.3 is 4.90 Å². The zero-order valence-electron chi connectivity index (χ0n) is 16.5. The van der Waals surface area contributed by atoms with E-state index in [-0.39, 0.29) is 24.3 Å². The van der Waals surface area contributed by atoms with Crippen LogP contribution in [0.2, 0.25) is 0 Å². The highest BCUT2D eigenvalue weighted by Gasteiger charge is 2.21. The van der Waals surface area contributed by atoms with Crippen molar-refractivity contribution in [2.75, 3.05) is 7.05 Å². The molecule has 3 aromatic heterocycles. The van der Waals surface area contributed by atoms with Crippen molar-refractivity contribution >= 4 is 28.3 Å². The second kappa shape index (κ2) is 7.75. The van der Waals surface area contributed by atoms with Crippen LogP contribution in [0.5, 0.6) is 0 Å². The van der Waals surface area contributed by atoms with E-state index >= 15 is 0 Å². The molecule has 0 aliphatic heterocycles. The molecule has 7 heteroatoms. The highest BCUT2D eigenvalue weighted by molar-refractivity contribution is 7.13. The van der Waals surface area contributed by atoms with Gasteiger partial charge in [-0.2, -0.15) is 5.10 Å². The van der Waals surface area contributed by atoms with Crippen molar-refractivity contribution in [3.63, 3.8) is 0 Å². The molecule has 5 nitrogen and oxygen atoms in total. The van der Waals surface area contributed by atoms with Crippen molar-refractivity contribution < 1.29 is 9.18 Å². The molecule has 0 saturated heterocycles. The van der Waals surface area contributed by atoms with Gasteiger partial charge in [0.2, 0.25) is 0 Å². The van der Waals surface area contributed by atoms with Gasteiger partial charge in [-0.1, -0.05) is 24.3 Å². The Bertz CT molecular complexity index is 1170. The van der Waals surface area contributed by atoms with E-state index in [2.05, 4.69) is 5.10 Å². The first-order valence-electron chi connectivity index (χ1n) is 9.36. The summed E-state index contributed by atoms with van der Waals surface area (Å²) in [5.74, 6) is -0.513. The van der Waals surface area contributed by atoms with Crippen molar-refractivity contribution in [2.24, 2.45) is 0 Å². The zero-order chi connectivity index (χ0) is 20.5. The summed E-state index contributed by atoms with van der Waals surface area (Å²) >= 11 is 1.57. The second-order valence-corrected chi connectivity index (χ2v) is 8.15. The van der Waals surface area contributed by atoms with Crippen LogP contribution in [0.4, 0.5) is 4.39 Å². The Morgan fingerprint density at radius 1 is 1.24 bits per heavy atom. The minimum absolute atomic E-state index is 0.109. The number of nitrogens with zero attached hydrogens (tertiary/aromatic N) is 4. The van der Waals surface area contributed by atoms with Gasteiger partial charge in [0.15, 0.2) is 5.65 Å². The average Bonchev–Trinajstić information content (AvgIpc) is 3.38. The predicted molar refractivity (Wildman–Crippen MR) is 113 cm³/mol. The van der Waals surface area contributed by atoms with Gasteiger partial charge in [-0.15, -0.1) is 11.3 Å². The van der Waals surface area contributed by atoms with Crippen LogP contribution in [0.25, 0.3) is 21.6 Å². The van der Waals surface area contributed by atoms with Gasteiger partial charge >= 0.3 is 0 Å². The molecule has 1 amide bonds. The molecule has 0 radical (unpaired) electrons. The largest absolute Gasteiger partial charge is 0.337 e. The summed E-state index contributed by atoms with van der Waals surface area (Å²) in [5.41, 5.74) is 2.40. The van der Waals surface area contributed by atoms with Crippen molar-refractivity contribution in [1.82, 2.24) is 19.7 Å². The lowest BCUT2D eigenvalue weighted by atomic mass is 10.1. The van der Waals surface area contributed by atoms with Crippen LogP contribution in [-0.4, -0.2) is 32.6 Å². The van der Waals surface area contributed by atoms with E-state index in [1.807, 2.05) is 36.0 Å². The molecule has 3 heterocycles. The summed E-state index contributed by atoms with van der Waals surface area (Å²) in [6.07, 6.45) is 1.69. The maximum atomic E-state index is 14.1. The lowest BCUT2D eigenvalue weighted by Gasteiger charge is -2.19. The number of fused-ring (bicyclic) bond motifs is 1. The fourth-order valence-electron chi connectivity index (χ4n) is 3.28. The molecule has 0 N–H and O–H groups in total. The van der Waals surface area contributed by atoms with Gasteiger partial charge in [0.05, 0.1) is 27.7 Å². The number of hydrogen-bond donors (Lipinski definition) is 0. The fourth-order valence-corrected chi connectivity index (χ4v) is 3.97. The maximum absolute atomic E-state index is 14.1. The minimum Gasteiger partial charge on any atom is -0.337 e. The number of halogens is 1. The molecular weight excluding hydrogens is 387 g/mol. The molecule has 0 saturated carbocycles. The Balaban J connectivity index is 1.79. The summed E-state index contributed by atoms with van der Waals surface area (Å²) in [4.78, 5) is 20.6. The van der Waals surface area contributed by atoms with Gasteiger partial charge in [0, 0.05) is 25.2 Å². The van der Waals surface area contributed by atoms with E-state index in [9.17, 15) is 9.18 Å². The number of carbonyl (C=O) groups excluding carboxylic acids is 1. The van der Waals surface area contributed by atoms with Gasteiger partial charge in [0.1, 0.15) is 5.82 Å². The quantitative estimate of drug-likeness (QED) is 0.459. The average molecular weight is 409 g/mol. The monoisotopic (exact) mass is 408 g/mol. The molecule has 4 aromatic rings. The van der Waals surface area contributed by atoms with Crippen LogP contribution in [0.1, 0.15) is 35.8 Å². The lowest BCUT2D eigenvalue weighted by Crippen LogP contribution is -2.27. The molecule has 29 heavy (non-hydrogen) atoms. The highest BCUT2D eigenvalue weighted by atomic mass is 32.1. The molecule has 0 bridgehead atoms. The summed E-state index contributed by atoms with van der Waals surface area (Å²) in [5, 5.41) is 7.12. The number of amides is 1. The first-order valence-corrected chi connectivity index (χ1v) is 10.2. The van der Waals surface area contributed by atoms with Crippen LogP contribution < -0.4 is 0 Å². The third-order valence-corrected chi connectivity index (χ3v) is 5.66. The summed E-state index contributed by atoms with van der Waals surface area (Å²) in [6, 6.07) is 12.3. The minimum atomic E-state index is -0.320. The van der Waals surface area contributed by atoms with E-state index in [1.165, 1.54) is 11.0 Å². The summed E-state index contributed by atoms with van der Waals surface area (Å²) < 4.78 is 15.9. The molecule has 0 aliphatic carbocycles. The molecule has 0 unspecified atom stereocenters. The second-order valence-electron chi connectivity index (χ2n) is 7.21. The molecule has 4 rings (SSSR count). The Morgan fingerprint density at radius 2 is 2.03 bits per heavy atom. The number of pyridine rings is 1. The normalized spacial score (nSPS) is 11.3. The smallest absolute Gasteiger partial charge is 0.254 e. The van der Waals surface area contributed by atoms with Gasteiger partial charge in [-0.05, 0) is 37.4 Å². The number of rotatable bonds is 5. The van der Waals surface area contributed by atoms with Gasteiger partial charge in [0.25, 0.3) is 5.91 Å². The van der Waals surface area contributed by atoms with Crippen molar-refractivity contribution in [3.8, 4) is 10.6 Å². The van der Waals surface area contributed by atoms with Crippen molar-refractivity contribution in [1.29, 1.82) is 0 Å². The SMILES string of the molecule is CC(C)n1ncc2c(C(=O)N(C)Cc3ccccc3F)cc(-c3cccs3)nc21. The number of hydrogen-bond acceptors (Lipinski definition) is 4. The first kappa shape index (κ1) is 19.3. The highest BCUT2D eigenvalue weighted by Crippen LogP contribution is 2.29. The Labute approximate surface area is 172 Å². The fraction of sp³-hybridized carbons (Fsp3) is 0.227. The molecule has 0 spiro atoms. The standard InChI is InChI=1S/C22H21FN4OS/c1-14(2)27-21-17(12-24-27)16(11-19(25-21)20-9-6-10-29-20)22(28)26(3)13-15-7-4-5-8-18(15)23/h4-12,14H,13H2,1-3H3. The molecule has 0 fully saturated rings. The predicted octanol–water partition coefficient (Wildman–Crippen LogP) is 5.15. The number of carbonyl (C=O) groups is 1. The van der Waals surface area contributed by atoms with Gasteiger partial charge in [-0.25, -0.2) is 14.1 Å². The van der Waals surface area contributed by atoms with E-state index < -0.39 is 0 Å². The molecule has 0 aliphatic rings. The number of thiophene rings is 1. The summed E-state index contributed by atoms with van der Waals surface area (Å²) in [7, 11) is 1.68. The molecule has 1 aromatic carbocycles. The van der Waals surface area contributed by atoms with Crippen LogP contribution in [-0.2, 0) is 6.54 Å². The maximum Gasteiger partial charge on any atom is 0.254 e. The van der Waals surface area contributed by atoms with E-state index in [0.29, 0.717) is 22.2 Å². The number of aromatic nitrogens is 3. The molecule has 148 valence electrons. The summed E-state index contributed by atoms with van der Waals surface area (Å²) in [6.45, 7) is 4.23.